The van der Waals surface area contributed by atoms with Crippen molar-refractivity contribution in [2.24, 2.45) is 5.41 Å². The lowest BCUT2D eigenvalue weighted by Crippen LogP contribution is -2.47. The second-order valence-corrected chi connectivity index (χ2v) is 8.26. The molecule has 0 unspecified atom stereocenters. The Morgan fingerprint density at radius 3 is 2.76 bits per heavy atom. The maximum Gasteiger partial charge on any atom is 0.231 e. The summed E-state index contributed by atoms with van der Waals surface area (Å²) in [7, 11) is 0. The number of hydrogen-bond donors (Lipinski definition) is 1. The number of fused-ring (bicyclic) bond motifs is 1. The molecule has 4 heterocycles. The Labute approximate surface area is 150 Å². The van der Waals surface area contributed by atoms with Crippen LogP contribution in [0.15, 0.2) is 18.2 Å². The van der Waals surface area contributed by atoms with E-state index >= 15 is 0 Å². The Morgan fingerprint density at radius 1 is 1.04 bits per heavy atom. The van der Waals surface area contributed by atoms with Crippen LogP contribution in [-0.4, -0.2) is 57.0 Å². The molecule has 4 aliphatic heterocycles. The van der Waals surface area contributed by atoms with E-state index < -0.39 is 0 Å². The van der Waals surface area contributed by atoms with Gasteiger partial charge in [0.1, 0.15) is 0 Å². The molecule has 136 valence electrons. The van der Waals surface area contributed by atoms with E-state index in [0.717, 1.165) is 30.6 Å². The van der Waals surface area contributed by atoms with Crippen molar-refractivity contribution >= 4 is 5.69 Å². The summed E-state index contributed by atoms with van der Waals surface area (Å²) in [6.07, 6.45) is 6.72. The smallest absolute Gasteiger partial charge is 0.231 e. The molecule has 1 atom stereocenters. The number of piperidine rings is 2. The lowest BCUT2D eigenvalue weighted by Gasteiger charge is -2.39. The molecule has 3 fully saturated rings. The largest absolute Gasteiger partial charge is 0.454 e. The van der Waals surface area contributed by atoms with Crippen LogP contribution in [0.2, 0.25) is 0 Å². The standard InChI is InChI=1S/C20H29N3O2/c1-6-20(13-21-8-1)7-11-23(14-20)16-4-9-22(10-5-16)17-2-3-18-19(12-17)25-15-24-18/h2-3,12,16,21H,1,4-11,13-15H2/t20-/m0/s1. The Hall–Kier alpha value is -1.46. The predicted octanol–water partition coefficient (Wildman–Crippen LogP) is 2.46. The zero-order valence-corrected chi connectivity index (χ0v) is 15.0. The average Bonchev–Trinajstić information content (AvgIpc) is 3.29. The average molecular weight is 343 g/mol. The number of anilines is 1. The van der Waals surface area contributed by atoms with Crippen molar-refractivity contribution in [3.8, 4) is 11.5 Å². The van der Waals surface area contributed by atoms with Crippen LogP contribution in [0, 0.1) is 5.41 Å². The summed E-state index contributed by atoms with van der Waals surface area (Å²) in [4.78, 5) is 5.30. The Morgan fingerprint density at radius 2 is 1.92 bits per heavy atom. The first kappa shape index (κ1) is 15.8. The number of ether oxygens (including phenoxy) is 2. The van der Waals surface area contributed by atoms with Gasteiger partial charge in [-0.2, -0.15) is 0 Å². The normalized spacial score (nSPS) is 30.3. The van der Waals surface area contributed by atoms with E-state index in [2.05, 4.69) is 27.2 Å². The fourth-order valence-electron chi connectivity index (χ4n) is 5.23. The Bertz CT molecular complexity index is 621. The number of likely N-dealkylation sites (tertiary alicyclic amines) is 1. The molecule has 0 bridgehead atoms. The van der Waals surface area contributed by atoms with Gasteiger partial charge >= 0.3 is 0 Å². The van der Waals surface area contributed by atoms with Gasteiger partial charge < -0.3 is 19.7 Å². The second-order valence-electron chi connectivity index (χ2n) is 8.26. The molecule has 1 aromatic carbocycles. The fourth-order valence-corrected chi connectivity index (χ4v) is 5.23. The van der Waals surface area contributed by atoms with Crippen molar-refractivity contribution in [2.75, 3.05) is 51.0 Å². The fraction of sp³-hybridized carbons (Fsp3) is 0.700. The van der Waals surface area contributed by atoms with E-state index in [0.29, 0.717) is 12.2 Å². The minimum absolute atomic E-state index is 0.354. The third kappa shape index (κ3) is 2.97. The van der Waals surface area contributed by atoms with E-state index in [-0.39, 0.29) is 0 Å². The van der Waals surface area contributed by atoms with Gasteiger partial charge in [-0.1, -0.05) is 0 Å². The third-order valence-corrected chi connectivity index (χ3v) is 6.73. The minimum atomic E-state index is 0.354. The number of nitrogens with one attached hydrogen (secondary N) is 1. The van der Waals surface area contributed by atoms with Gasteiger partial charge in [0.2, 0.25) is 6.79 Å². The first-order valence-electron chi connectivity index (χ1n) is 9.91. The molecule has 3 saturated heterocycles. The lowest BCUT2D eigenvalue weighted by atomic mass is 9.80. The van der Waals surface area contributed by atoms with Crippen molar-refractivity contribution in [1.29, 1.82) is 0 Å². The van der Waals surface area contributed by atoms with Gasteiger partial charge in [0.05, 0.1) is 0 Å². The molecule has 5 nitrogen and oxygen atoms in total. The summed E-state index contributed by atoms with van der Waals surface area (Å²) in [6.45, 7) is 7.71. The summed E-state index contributed by atoms with van der Waals surface area (Å²) in [5, 5.41) is 3.63. The summed E-state index contributed by atoms with van der Waals surface area (Å²) in [6, 6.07) is 7.13. The third-order valence-electron chi connectivity index (χ3n) is 6.73. The van der Waals surface area contributed by atoms with Crippen LogP contribution in [0.25, 0.3) is 0 Å². The molecule has 0 radical (unpaired) electrons. The predicted molar refractivity (Wildman–Crippen MR) is 98.5 cm³/mol. The van der Waals surface area contributed by atoms with Crippen LogP contribution in [0.4, 0.5) is 5.69 Å². The first-order chi connectivity index (χ1) is 12.3. The highest BCUT2D eigenvalue weighted by atomic mass is 16.7. The zero-order chi connectivity index (χ0) is 16.7. The van der Waals surface area contributed by atoms with Crippen LogP contribution in [0.1, 0.15) is 32.1 Å². The van der Waals surface area contributed by atoms with Crippen molar-refractivity contribution in [3.05, 3.63) is 18.2 Å². The van der Waals surface area contributed by atoms with Gasteiger partial charge in [0.25, 0.3) is 0 Å². The molecule has 1 N–H and O–H groups in total. The van der Waals surface area contributed by atoms with Gasteiger partial charge in [-0.15, -0.1) is 0 Å². The van der Waals surface area contributed by atoms with Crippen LogP contribution < -0.4 is 19.7 Å². The van der Waals surface area contributed by atoms with Crippen LogP contribution in [0.5, 0.6) is 11.5 Å². The van der Waals surface area contributed by atoms with Gasteiger partial charge in [-0.3, -0.25) is 4.90 Å². The summed E-state index contributed by atoms with van der Waals surface area (Å²) < 4.78 is 11.0. The molecule has 5 rings (SSSR count). The molecule has 0 aromatic heterocycles. The maximum absolute atomic E-state index is 5.53. The van der Waals surface area contributed by atoms with Crippen LogP contribution in [0.3, 0.4) is 0 Å². The Kier molecular flexibility index (Phi) is 4.01. The molecule has 0 saturated carbocycles. The van der Waals surface area contributed by atoms with Gasteiger partial charge in [-0.05, 0) is 62.7 Å². The minimum Gasteiger partial charge on any atom is -0.454 e. The number of nitrogens with zero attached hydrogens (tertiary/aromatic N) is 2. The van der Waals surface area contributed by atoms with Crippen molar-refractivity contribution in [1.82, 2.24) is 10.2 Å². The van der Waals surface area contributed by atoms with Crippen LogP contribution >= 0.6 is 0 Å². The first-order valence-corrected chi connectivity index (χ1v) is 9.91. The van der Waals surface area contributed by atoms with E-state index in [9.17, 15) is 0 Å². The van der Waals surface area contributed by atoms with Crippen molar-refractivity contribution in [2.45, 2.75) is 38.1 Å². The zero-order valence-electron chi connectivity index (χ0n) is 15.0. The maximum atomic E-state index is 5.53. The van der Waals surface area contributed by atoms with E-state index in [1.165, 1.54) is 64.0 Å². The molecule has 5 heteroatoms. The number of hydrogen-bond acceptors (Lipinski definition) is 5. The van der Waals surface area contributed by atoms with Gasteiger partial charge in [-0.25, -0.2) is 0 Å². The van der Waals surface area contributed by atoms with Crippen molar-refractivity contribution < 1.29 is 9.47 Å². The SMILES string of the molecule is c1cc2c(cc1N1CCC(N3CC[C@]4(CCCNC4)C3)CC1)OCO2. The molecule has 0 aliphatic carbocycles. The topological polar surface area (TPSA) is 37.0 Å². The number of benzene rings is 1. The van der Waals surface area contributed by atoms with E-state index in [4.69, 9.17) is 9.47 Å². The molecule has 1 spiro atoms. The van der Waals surface area contributed by atoms with Crippen molar-refractivity contribution in [3.63, 3.8) is 0 Å². The summed E-state index contributed by atoms with van der Waals surface area (Å²) >= 11 is 0. The summed E-state index contributed by atoms with van der Waals surface area (Å²) in [5.74, 6) is 1.77. The van der Waals surface area contributed by atoms with Gasteiger partial charge in [0, 0.05) is 44.0 Å². The van der Waals surface area contributed by atoms with E-state index in [1.807, 2.05) is 6.07 Å². The monoisotopic (exact) mass is 343 g/mol. The Balaban J connectivity index is 1.19. The second kappa shape index (κ2) is 6.36. The highest BCUT2D eigenvalue weighted by Crippen LogP contribution is 2.39. The highest BCUT2D eigenvalue weighted by Gasteiger charge is 2.41. The van der Waals surface area contributed by atoms with Crippen LogP contribution in [-0.2, 0) is 0 Å². The summed E-state index contributed by atoms with van der Waals surface area (Å²) in [5.41, 5.74) is 1.85. The number of rotatable bonds is 2. The molecule has 0 amide bonds. The molecule has 25 heavy (non-hydrogen) atoms. The van der Waals surface area contributed by atoms with E-state index in [1.54, 1.807) is 0 Å². The lowest BCUT2D eigenvalue weighted by molar-refractivity contribution is 0.157. The molecular weight excluding hydrogens is 314 g/mol. The molecule has 4 aliphatic rings. The van der Waals surface area contributed by atoms with Gasteiger partial charge in [0.15, 0.2) is 11.5 Å². The molecule has 1 aromatic rings. The quantitative estimate of drug-likeness (QED) is 0.893. The highest BCUT2D eigenvalue weighted by molar-refractivity contribution is 5.57. The molecular formula is C20H29N3O2.